The Morgan fingerprint density at radius 3 is 2.85 bits per heavy atom. The van der Waals surface area contributed by atoms with Gasteiger partial charge in [-0.05, 0) is 19.9 Å². The quantitative estimate of drug-likeness (QED) is 0.724. The van der Waals surface area contributed by atoms with Gasteiger partial charge in [0.05, 0.1) is 23.2 Å². The lowest BCUT2D eigenvalue weighted by molar-refractivity contribution is -0.155. The van der Waals surface area contributed by atoms with Gasteiger partial charge in [0.15, 0.2) is 5.60 Å². The largest absolute Gasteiger partial charge is 0.479 e. The van der Waals surface area contributed by atoms with Crippen molar-refractivity contribution in [1.29, 1.82) is 0 Å². The molecular formula is C12H13N3O5. The molecule has 106 valence electrons. The van der Waals surface area contributed by atoms with Gasteiger partial charge in [-0.25, -0.2) is 9.78 Å². The summed E-state index contributed by atoms with van der Waals surface area (Å²) in [6.07, 6.45) is 1.29. The van der Waals surface area contributed by atoms with E-state index in [1.165, 1.54) is 6.20 Å². The summed E-state index contributed by atoms with van der Waals surface area (Å²) in [6.45, 7) is 2.40. The number of amides is 1. The van der Waals surface area contributed by atoms with Crippen molar-refractivity contribution in [2.24, 2.45) is 0 Å². The number of carboxylic acid groups (broad SMARTS) is 1. The SMILES string of the molecule is Cc1noc2ncc(C(=O)NCC(C)(O)C(=O)O)cc12. The first-order chi connectivity index (χ1) is 9.31. The van der Waals surface area contributed by atoms with E-state index in [1.807, 2.05) is 0 Å². The number of aliphatic carboxylic acids is 1. The molecule has 1 unspecified atom stereocenters. The summed E-state index contributed by atoms with van der Waals surface area (Å²) in [5.41, 5.74) is -0.887. The number of nitrogens with zero attached hydrogens (tertiary/aromatic N) is 2. The van der Waals surface area contributed by atoms with Crippen molar-refractivity contribution >= 4 is 23.0 Å². The number of rotatable bonds is 4. The van der Waals surface area contributed by atoms with E-state index < -0.39 is 24.0 Å². The smallest absolute Gasteiger partial charge is 0.337 e. The summed E-state index contributed by atoms with van der Waals surface area (Å²) >= 11 is 0. The highest BCUT2D eigenvalue weighted by Gasteiger charge is 2.30. The Morgan fingerprint density at radius 1 is 1.50 bits per heavy atom. The molecule has 0 saturated heterocycles. The lowest BCUT2D eigenvalue weighted by Gasteiger charge is -2.18. The molecule has 20 heavy (non-hydrogen) atoms. The molecule has 0 aliphatic rings. The topological polar surface area (TPSA) is 126 Å². The molecule has 0 saturated carbocycles. The number of aliphatic hydroxyl groups is 1. The normalized spacial score (nSPS) is 13.9. The fourth-order valence-corrected chi connectivity index (χ4v) is 1.50. The predicted molar refractivity (Wildman–Crippen MR) is 67.1 cm³/mol. The maximum Gasteiger partial charge on any atom is 0.337 e. The maximum atomic E-state index is 11.9. The summed E-state index contributed by atoms with van der Waals surface area (Å²) in [5, 5.41) is 24.9. The summed E-state index contributed by atoms with van der Waals surface area (Å²) < 4.78 is 4.92. The Bertz CT molecular complexity index is 677. The van der Waals surface area contributed by atoms with Gasteiger partial charge in [0, 0.05) is 6.20 Å². The Morgan fingerprint density at radius 2 is 2.20 bits per heavy atom. The molecule has 3 N–H and O–H groups in total. The lowest BCUT2D eigenvalue weighted by Crippen LogP contribution is -2.46. The highest BCUT2D eigenvalue weighted by atomic mass is 16.5. The first-order valence-corrected chi connectivity index (χ1v) is 5.77. The van der Waals surface area contributed by atoms with Gasteiger partial charge < -0.3 is 20.1 Å². The van der Waals surface area contributed by atoms with Crippen molar-refractivity contribution in [1.82, 2.24) is 15.5 Å². The zero-order chi connectivity index (χ0) is 14.9. The van der Waals surface area contributed by atoms with Crippen molar-refractivity contribution in [3.05, 3.63) is 23.5 Å². The molecule has 8 heteroatoms. The minimum atomic E-state index is -2.03. The van der Waals surface area contributed by atoms with Gasteiger partial charge >= 0.3 is 5.97 Å². The average Bonchev–Trinajstić information content (AvgIpc) is 2.77. The van der Waals surface area contributed by atoms with Gasteiger partial charge in [-0.1, -0.05) is 5.16 Å². The van der Waals surface area contributed by atoms with Crippen LogP contribution in [0.5, 0.6) is 0 Å². The molecule has 1 amide bonds. The zero-order valence-electron chi connectivity index (χ0n) is 10.9. The number of carboxylic acids is 1. The first kappa shape index (κ1) is 13.9. The van der Waals surface area contributed by atoms with Gasteiger partial charge in [0.25, 0.3) is 11.6 Å². The molecule has 0 aliphatic heterocycles. The van der Waals surface area contributed by atoms with E-state index in [-0.39, 0.29) is 5.56 Å². The summed E-state index contributed by atoms with van der Waals surface area (Å²) in [6, 6.07) is 1.54. The number of hydrogen-bond acceptors (Lipinski definition) is 6. The molecule has 1 atom stereocenters. The minimum absolute atomic E-state index is 0.227. The molecule has 2 aromatic heterocycles. The third-order valence-electron chi connectivity index (χ3n) is 2.83. The Kier molecular flexibility index (Phi) is 3.41. The van der Waals surface area contributed by atoms with Crippen LogP contribution in [0.2, 0.25) is 0 Å². The highest BCUT2D eigenvalue weighted by molar-refractivity contribution is 5.97. The number of aromatic nitrogens is 2. The molecule has 0 fully saturated rings. The van der Waals surface area contributed by atoms with Gasteiger partial charge in [-0.2, -0.15) is 0 Å². The molecule has 0 aliphatic carbocycles. The van der Waals surface area contributed by atoms with Gasteiger partial charge in [0.2, 0.25) is 0 Å². The van der Waals surface area contributed by atoms with Crippen LogP contribution in [-0.2, 0) is 4.79 Å². The van der Waals surface area contributed by atoms with Crippen LogP contribution >= 0.6 is 0 Å². The molecule has 8 nitrogen and oxygen atoms in total. The second-order valence-electron chi connectivity index (χ2n) is 4.61. The van der Waals surface area contributed by atoms with Crippen LogP contribution in [0.25, 0.3) is 11.1 Å². The Balaban J connectivity index is 2.15. The standard InChI is InChI=1S/C12H13N3O5/c1-6-8-3-7(4-13-10(8)20-15-6)9(16)14-5-12(2,19)11(17)18/h3-4,19H,5H2,1-2H3,(H,14,16)(H,17,18). The maximum absolute atomic E-state index is 11.9. The van der Waals surface area contributed by atoms with E-state index in [9.17, 15) is 14.7 Å². The van der Waals surface area contributed by atoms with Crippen LogP contribution in [0.4, 0.5) is 0 Å². The number of aryl methyl sites for hydroxylation is 1. The second-order valence-corrected chi connectivity index (χ2v) is 4.61. The third kappa shape index (κ3) is 2.59. The average molecular weight is 279 g/mol. The first-order valence-electron chi connectivity index (χ1n) is 5.77. The van der Waals surface area contributed by atoms with Crippen LogP contribution in [0, 0.1) is 6.92 Å². The van der Waals surface area contributed by atoms with E-state index in [1.54, 1.807) is 13.0 Å². The fourth-order valence-electron chi connectivity index (χ4n) is 1.50. The minimum Gasteiger partial charge on any atom is -0.479 e. The van der Waals surface area contributed by atoms with Gasteiger partial charge in [-0.3, -0.25) is 4.79 Å². The third-order valence-corrected chi connectivity index (χ3v) is 2.83. The predicted octanol–water partition coefficient (Wildman–Crippen LogP) is 0.0966. The van der Waals surface area contributed by atoms with Crippen LogP contribution in [0.1, 0.15) is 23.0 Å². The van der Waals surface area contributed by atoms with E-state index in [0.29, 0.717) is 16.8 Å². The van der Waals surface area contributed by atoms with Crippen molar-refractivity contribution in [2.45, 2.75) is 19.4 Å². The molecule has 2 aromatic rings. The van der Waals surface area contributed by atoms with E-state index in [0.717, 1.165) is 6.92 Å². The highest BCUT2D eigenvalue weighted by Crippen LogP contribution is 2.16. The number of carbonyl (C=O) groups is 2. The van der Waals surface area contributed by atoms with Crippen LogP contribution in [0.15, 0.2) is 16.8 Å². The van der Waals surface area contributed by atoms with Crippen molar-refractivity contribution < 1.29 is 24.3 Å². The summed E-state index contributed by atoms with van der Waals surface area (Å²) in [7, 11) is 0. The molecular weight excluding hydrogens is 266 g/mol. The molecule has 2 heterocycles. The number of hydrogen-bond donors (Lipinski definition) is 3. The lowest BCUT2D eigenvalue weighted by atomic mass is 10.1. The van der Waals surface area contributed by atoms with Gasteiger partial charge in [-0.15, -0.1) is 0 Å². The zero-order valence-corrected chi connectivity index (χ0v) is 10.9. The van der Waals surface area contributed by atoms with E-state index >= 15 is 0 Å². The Hall–Kier alpha value is -2.48. The Labute approximate surface area is 113 Å². The van der Waals surface area contributed by atoms with Crippen LogP contribution < -0.4 is 5.32 Å². The summed E-state index contributed by atoms with van der Waals surface area (Å²) in [5.74, 6) is -1.96. The van der Waals surface area contributed by atoms with Crippen molar-refractivity contribution in [2.75, 3.05) is 6.54 Å². The molecule has 0 radical (unpaired) electrons. The van der Waals surface area contributed by atoms with Gasteiger partial charge in [0.1, 0.15) is 0 Å². The summed E-state index contributed by atoms with van der Waals surface area (Å²) in [4.78, 5) is 26.5. The van der Waals surface area contributed by atoms with Crippen molar-refractivity contribution in [3.63, 3.8) is 0 Å². The monoisotopic (exact) mass is 279 g/mol. The number of carbonyl (C=O) groups excluding carboxylic acids is 1. The van der Waals surface area contributed by atoms with Crippen molar-refractivity contribution in [3.8, 4) is 0 Å². The second kappa shape index (κ2) is 4.89. The number of nitrogens with one attached hydrogen (secondary N) is 1. The fraction of sp³-hybridized carbons (Fsp3) is 0.333. The molecule has 0 aromatic carbocycles. The van der Waals surface area contributed by atoms with E-state index in [4.69, 9.17) is 9.63 Å². The van der Waals surface area contributed by atoms with E-state index in [2.05, 4.69) is 15.5 Å². The molecule has 0 bridgehead atoms. The number of pyridine rings is 1. The molecule has 2 rings (SSSR count). The van der Waals surface area contributed by atoms with Crippen LogP contribution in [0.3, 0.4) is 0 Å². The van der Waals surface area contributed by atoms with Crippen LogP contribution in [-0.4, -0.2) is 44.4 Å². The number of fused-ring (bicyclic) bond motifs is 1. The molecule has 0 spiro atoms.